The van der Waals surface area contributed by atoms with Crippen LogP contribution in [0.3, 0.4) is 0 Å². The van der Waals surface area contributed by atoms with Crippen LogP contribution in [0.15, 0.2) is 41.6 Å². The predicted octanol–water partition coefficient (Wildman–Crippen LogP) is 2.97. The van der Waals surface area contributed by atoms with Gasteiger partial charge in [0.15, 0.2) is 0 Å². The van der Waals surface area contributed by atoms with Crippen molar-refractivity contribution >= 4 is 10.0 Å². The number of rotatable bonds is 7. The van der Waals surface area contributed by atoms with Crippen molar-refractivity contribution in [1.82, 2.24) is 9.71 Å². The lowest BCUT2D eigenvalue weighted by molar-refractivity contribution is 0.309. The topological polar surface area (TPSA) is 68.3 Å². The number of sulfonamides is 1. The minimum absolute atomic E-state index is 0.179. The molecule has 1 N–H and O–H groups in total. The van der Waals surface area contributed by atoms with Crippen LogP contribution in [0.25, 0.3) is 0 Å². The maximum atomic E-state index is 12.6. The molecule has 0 radical (unpaired) electrons. The molecule has 2 aromatic rings. The van der Waals surface area contributed by atoms with Crippen LogP contribution in [-0.2, 0) is 16.6 Å². The van der Waals surface area contributed by atoms with Crippen LogP contribution in [0.5, 0.6) is 5.75 Å². The first-order chi connectivity index (χ1) is 10.9. The highest BCUT2D eigenvalue weighted by Gasteiger charge is 2.20. The van der Waals surface area contributed by atoms with Gasteiger partial charge in [-0.1, -0.05) is 13.0 Å². The zero-order valence-corrected chi connectivity index (χ0v) is 14.5. The normalized spacial score (nSPS) is 11.4. The third-order valence-electron chi connectivity index (χ3n) is 3.50. The number of pyridine rings is 1. The lowest BCUT2D eigenvalue weighted by Crippen LogP contribution is -2.24. The Morgan fingerprint density at radius 3 is 2.61 bits per heavy atom. The Kier molecular flexibility index (Phi) is 5.74. The molecule has 1 aromatic heterocycles. The molecule has 0 amide bonds. The number of nitrogens with zero attached hydrogens (tertiary/aromatic N) is 1. The fraction of sp³-hybridized carbons (Fsp3) is 0.353. The molecule has 0 atom stereocenters. The van der Waals surface area contributed by atoms with E-state index in [1.54, 1.807) is 30.6 Å². The molecule has 0 aliphatic heterocycles. The van der Waals surface area contributed by atoms with Gasteiger partial charge in [0.25, 0.3) is 0 Å². The van der Waals surface area contributed by atoms with Crippen molar-refractivity contribution in [3.8, 4) is 5.75 Å². The maximum absolute atomic E-state index is 12.6. The predicted molar refractivity (Wildman–Crippen MR) is 90.0 cm³/mol. The van der Waals surface area contributed by atoms with Crippen molar-refractivity contribution in [2.24, 2.45) is 0 Å². The zero-order valence-electron chi connectivity index (χ0n) is 13.7. The molecule has 1 aromatic carbocycles. The Balaban J connectivity index is 2.28. The van der Waals surface area contributed by atoms with Crippen molar-refractivity contribution in [1.29, 1.82) is 0 Å². The van der Waals surface area contributed by atoms with Crippen LogP contribution in [0.1, 0.15) is 30.0 Å². The Hall–Kier alpha value is -1.92. The third-order valence-corrected chi connectivity index (χ3v) is 4.92. The van der Waals surface area contributed by atoms with Crippen molar-refractivity contribution < 1.29 is 13.2 Å². The highest BCUT2D eigenvalue weighted by atomic mass is 32.2. The molecule has 0 fully saturated rings. The molecule has 23 heavy (non-hydrogen) atoms. The highest BCUT2D eigenvalue weighted by molar-refractivity contribution is 7.89. The monoisotopic (exact) mass is 334 g/mol. The minimum Gasteiger partial charge on any atom is -0.492 e. The van der Waals surface area contributed by atoms with Gasteiger partial charge in [0.1, 0.15) is 10.6 Å². The fourth-order valence-electron chi connectivity index (χ4n) is 2.06. The summed E-state index contributed by atoms with van der Waals surface area (Å²) in [5, 5.41) is 0. The van der Waals surface area contributed by atoms with Gasteiger partial charge in [-0.25, -0.2) is 13.1 Å². The number of hydrogen-bond donors (Lipinski definition) is 1. The summed E-state index contributed by atoms with van der Waals surface area (Å²) >= 11 is 0. The minimum atomic E-state index is -3.66. The molecular formula is C17H22N2O3S. The summed E-state index contributed by atoms with van der Waals surface area (Å²) in [6.45, 7) is 6.48. The summed E-state index contributed by atoms with van der Waals surface area (Å²) in [7, 11) is -3.66. The van der Waals surface area contributed by atoms with Crippen LogP contribution in [-0.4, -0.2) is 20.0 Å². The molecule has 0 saturated heterocycles. The van der Waals surface area contributed by atoms with Crippen molar-refractivity contribution in [3.63, 3.8) is 0 Å². The average molecular weight is 334 g/mol. The van der Waals surface area contributed by atoms with E-state index in [4.69, 9.17) is 4.74 Å². The molecule has 0 aliphatic carbocycles. The van der Waals surface area contributed by atoms with E-state index in [2.05, 4.69) is 9.71 Å². The van der Waals surface area contributed by atoms with Gasteiger partial charge in [-0.05, 0) is 55.2 Å². The third kappa shape index (κ3) is 4.53. The van der Waals surface area contributed by atoms with Crippen molar-refractivity contribution in [2.45, 2.75) is 38.6 Å². The second-order valence-corrected chi connectivity index (χ2v) is 7.15. The molecule has 0 spiro atoms. The maximum Gasteiger partial charge on any atom is 0.244 e. The quantitative estimate of drug-likeness (QED) is 0.845. The first-order valence-corrected chi connectivity index (χ1v) is 9.05. The number of aryl methyl sites for hydroxylation is 2. The summed E-state index contributed by atoms with van der Waals surface area (Å²) in [4.78, 5) is 4.16. The van der Waals surface area contributed by atoms with Gasteiger partial charge >= 0.3 is 0 Å². The van der Waals surface area contributed by atoms with Gasteiger partial charge in [0.2, 0.25) is 10.0 Å². The van der Waals surface area contributed by atoms with Gasteiger partial charge in [-0.2, -0.15) is 0 Å². The summed E-state index contributed by atoms with van der Waals surface area (Å²) in [6, 6.07) is 7.04. The van der Waals surface area contributed by atoms with Crippen molar-refractivity contribution in [3.05, 3.63) is 53.3 Å². The Labute approximate surface area is 137 Å². The Morgan fingerprint density at radius 1 is 1.22 bits per heavy atom. The zero-order chi connectivity index (χ0) is 16.9. The molecule has 124 valence electrons. The van der Waals surface area contributed by atoms with Crippen LogP contribution >= 0.6 is 0 Å². The standard InChI is InChI=1S/C17H22N2O3S/c1-4-8-22-16-9-13(2)14(3)10-17(16)23(20,21)19-12-15-6-5-7-18-11-15/h5-7,9-11,19H,4,8,12H2,1-3H3. The second-order valence-electron chi connectivity index (χ2n) is 5.42. The summed E-state index contributed by atoms with van der Waals surface area (Å²) in [5.41, 5.74) is 2.72. The van der Waals surface area contributed by atoms with E-state index in [1.807, 2.05) is 26.8 Å². The highest BCUT2D eigenvalue weighted by Crippen LogP contribution is 2.27. The molecule has 0 bridgehead atoms. The van der Waals surface area contributed by atoms with Crippen molar-refractivity contribution in [2.75, 3.05) is 6.61 Å². The van der Waals surface area contributed by atoms with E-state index in [-0.39, 0.29) is 11.4 Å². The molecule has 2 rings (SSSR count). The van der Waals surface area contributed by atoms with Gasteiger partial charge in [0, 0.05) is 18.9 Å². The summed E-state index contributed by atoms with van der Waals surface area (Å²) < 4.78 is 33.5. The smallest absolute Gasteiger partial charge is 0.244 e. The SMILES string of the molecule is CCCOc1cc(C)c(C)cc1S(=O)(=O)NCc1cccnc1. The number of benzene rings is 1. The molecule has 0 aliphatic rings. The lowest BCUT2D eigenvalue weighted by Gasteiger charge is -2.15. The molecule has 5 nitrogen and oxygen atoms in total. The first kappa shape index (κ1) is 17.4. The lowest BCUT2D eigenvalue weighted by atomic mass is 10.1. The van der Waals surface area contributed by atoms with E-state index >= 15 is 0 Å². The molecular weight excluding hydrogens is 312 g/mol. The van der Waals surface area contributed by atoms with E-state index in [1.165, 1.54) is 0 Å². The van der Waals surface area contributed by atoms with Gasteiger partial charge in [0.05, 0.1) is 6.61 Å². The number of nitrogens with one attached hydrogen (secondary N) is 1. The molecule has 6 heteroatoms. The summed E-state index contributed by atoms with van der Waals surface area (Å²) in [5.74, 6) is 0.397. The first-order valence-electron chi connectivity index (χ1n) is 7.56. The molecule has 0 unspecified atom stereocenters. The van der Waals surface area contributed by atoms with E-state index in [0.717, 1.165) is 23.1 Å². The van der Waals surface area contributed by atoms with Crippen LogP contribution in [0.4, 0.5) is 0 Å². The molecule has 0 saturated carbocycles. The van der Waals surface area contributed by atoms with E-state index in [0.29, 0.717) is 12.4 Å². The van der Waals surface area contributed by atoms with Gasteiger partial charge < -0.3 is 4.74 Å². The van der Waals surface area contributed by atoms with Crippen LogP contribution in [0, 0.1) is 13.8 Å². The van der Waals surface area contributed by atoms with E-state index < -0.39 is 10.0 Å². The van der Waals surface area contributed by atoms with Crippen LogP contribution in [0.2, 0.25) is 0 Å². The van der Waals surface area contributed by atoms with Gasteiger partial charge in [-0.3, -0.25) is 4.98 Å². The number of ether oxygens (including phenoxy) is 1. The Morgan fingerprint density at radius 2 is 1.96 bits per heavy atom. The Bertz CT molecular complexity index is 759. The number of aromatic nitrogens is 1. The van der Waals surface area contributed by atoms with Gasteiger partial charge in [-0.15, -0.1) is 0 Å². The summed E-state index contributed by atoms with van der Waals surface area (Å²) in [6.07, 6.45) is 4.10. The number of hydrogen-bond acceptors (Lipinski definition) is 4. The largest absolute Gasteiger partial charge is 0.492 e. The van der Waals surface area contributed by atoms with E-state index in [9.17, 15) is 8.42 Å². The van der Waals surface area contributed by atoms with Crippen LogP contribution < -0.4 is 9.46 Å². The average Bonchev–Trinajstić information content (AvgIpc) is 2.54. The second kappa shape index (κ2) is 7.57. The fourth-order valence-corrected chi connectivity index (χ4v) is 3.28. The molecule has 1 heterocycles.